The van der Waals surface area contributed by atoms with Crippen LogP contribution in [0, 0.1) is 0 Å². The monoisotopic (exact) mass is 378 g/mol. The molecule has 0 bridgehead atoms. The van der Waals surface area contributed by atoms with Crippen LogP contribution in [0.25, 0.3) is 10.9 Å². The third-order valence-electron chi connectivity index (χ3n) is 4.83. The molecule has 1 N–H and O–H groups in total. The van der Waals surface area contributed by atoms with Crippen LogP contribution in [0.15, 0.2) is 35.4 Å². The Bertz CT molecular complexity index is 786. The van der Waals surface area contributed by atoms with Gasteiger partial charge in [0.05, 0.1) is 17.2 Å². The van der Waals surface area contributed by atoms with Crippen molar-refractivity contribution in [1.29, 1.82) is 0 Å². The molecule has 2 heterocycles. The summed E-state index contributed by atoms with van der Waals surface area (Å²) in [5, 5.41) is 3.94. The Morgan fingerprint density at radius 1 is 1.31 bits per heavy atom. The molecule has 0 unspecified atom stereocenters. The first-order valence-electron chi connectivity index (χ1n) is 9.15. The van der Waals surface area contributed by atoms with Gasteiger partial charge in [-0.2, -0.15) is 0 Å². The lowest BCUT2D eigenvalue weighted by Gasteiger charge is -2.34. The molecule has 1 saturated heterocycles. The highest BCUT2D eigenvalue weighted by Crippen LogP contribution is 2.14. The standard InChI is InChI=1S/C19H26N4O2.ClH/c1-2-12-23(15-7-10-20-11-8-15)18(24)9-13-22-14-21-17-6-4-3-5-16(17)19(22)25;/h3-6,14-15,20H,2,7-13H2,1H3;1H. The van der Waals surface area contributed by atoms with Crippen molar-refractivity contribution in [1.82, 2.24) is 19.8 Å². The van der Waals surface area contributed by atoms with E-state index in [0.29, 0.717) is 29.9 Å². The highest BCUT2D eigenvalue weighted by atomic mass is 35.5. The highest BCUT2D eigenvalue weighted by Gasteiger charge is 2.24. The number of benzene rings is 1. The Balaban J connectivity index is 0.00000243. The predicted octanol–water partition coefficient (Wildman–Crippen LogP) is 2.20. The molecular formula is C19H27ClN4O2. The predicted molar refractivity (Wildman–Crippen MR) is 106 cm³/mol. The van der Waals surface area contributed by atoms with E-state index in [1.165, 1.54) is 0 Å². The van der Waals surface area contributed by atoms with Gasteiger partial charge in [-0.1, -0.05) is 19.1 Å². The van der Waals surface area contributed by atoms with Crippen molar-refractivity contribution >= 4 is 29.2 Å². The number of nitrogens with one attached hydrogen (secondary N) is 1. The van der Waals surface area contributed by atoms with Crippen molar-refractivity contribution in [2.75, 3.05) is 19.6 Å². The second-order valence-electron chi connectivity index (χ2n) is 6.58. The largest absolute Gasteiger partial charge is 0.340 e. The quantitative estimate of drug-likeness (QED) is 0.836. The fourth-order valence-electron chi connectivity index (χ4n) is 3.50. The Morgan fingerprint density at radius 2 is 2.04 bits per heavy atom. The maximum atomic E-state index is 12.8. The molecule has 6 nitrogen and oxygen atoms in total. The van der Waals surface area contributed by atoms with Gasteiger partial charge in [0.15, 0.2) is 0 Å². The number of piperidine rings is 1. The summed E-state index contributed by atoms with van der Waals surface area (Å²) in [5.74, 6) is 0.133. The fourth-order valence-corrected chi connectivity index (χ4v) is 3.50. The molecule has 2 aromatic rings. The molecule has 0 aliphatic carbocycles. The van der Waals surface area contributed by atoms with Crippen LogP contribution < -0.4 is 10.9 Å². The average molecular weight is 379 g/mol. The van der Waals surface area contributed by atoms with Crippen LogP contribution in [0.2, 0.25) is 0 Å². The third kappa shape index (κ3) is 4.62. The number of nitrogens with zero attached hydrogens (tertiary/aromatic N) is 3. The normalized spacial score (nSPS) is 14.8. The zero-order valence-corrected chi connectivity index (χ0v) is 16.0. The molecule has 1 aliphatic rings. The van der Waals surface area contributed by atoms with Crippen molar-refractivity contribution in [3.63, 3.8) is 0 Å². The number of rotatable bonds is 6. The van der Waals surface area contributed by atoms with E-state index in [9.17, 15) is 9.59 Å². The number of aromatic nitrogens is 2. The van der Waals surface area contributed by atoms with Gasteiger partial charge in [-0.05, 0) is 44.5 Å². The van der Waals surface area contributed by atoms with Gasteiger partial charge in [-0.25, -0.2) is 4.98 Å². The van der Waals surface area contributed by atoms with Gasteiger partial charge in [-0.15, -0.1) is 12.4 Å². The molecule has 3 rings (SSSR count). The van der Waals surface area contributed by atoms with Crippen LogP contribution in [0.4, 0.5) is 0 Å². The maximum Gasteiger partial charge on any atom is 0.261 e. The van der Waals surface area contributed by atoms with E-state index >= 15 is 0 Å². The molecule has 1 aromatic heterocycles. The van der Waals surface area contributed by atoms with E-state index < -0.39 is 0 Å². The topological polar surface area (TPSA) is 67.2 Å². The van der Waals surface area contributed by atoms with Crippen LogP contribution in [-0.2, 0) is 11.3 Å². The van der Waals surface area contributed by atoms with Crippen molar-refractivity contribution in [2.24, 2.45) is 0 Å². The minimum atomic E-state index is -0.0812. The number of halogens is 1. The van der Waals surface area contributed by atoms with E-state index in [1.807, 2.05) is 23.1 Å². The van der Waals surface area contributed by atoms with Gasteiger partial charge >= 0.3 is 0 Å². The number of hydrogen-bond acceptors (Lipinski definition) is 4. The summed E-state index contributed by atoms with van der Waals surface area (Å²) in [6, 6.07) is 7.62. The molecule has 0 atom stereocenters. The lowest BCUT2D eigenvalue weighted by Crippen LogP contribution is -2.46. The maximum absolute atomic E-state index is 12.8. The summed E-state index contributed by atoms with van der Waals surface area (Å²) in [4.78, 5) is 31.6. The van der Waals surface area contributed by atoms with E-state index in [1.54, 1.807) is 17.0 Å². The van der Waals surface area contributed by atoms with Crippen LogP contribution in [-0.4, -0.2) is 46.0 Å². The summed E-state index contributed by atoms with van der Waals surface area (Å²) in [6.07, 6.45) is 4.84. The molecule has 1 aromatic carbocycles. The molecule has 26 heavy (non-hydrogen) atoms. The van der Waals surface area contributed by atoms with Crippen LogP contribution in [0.5, 0.6) is 0 Å². The van der Waals surface area contributed by atoms with Crippen molar-refractivity contribution in [2.45, 2.75) is 45.2 Å². The number of amides is 1. The first-order valence-corrected chi connectivity index (χ1v) is 9.15. The van der Waals surface area contributed by atoms with Gasteiger partial charge in [0, 0.05) is 25.6 Å². The molecule has 0 spiro atoms. The molecule has 0 saturated carbocycles. The van der Waals surface area contributed by atoms with Crippen molar-refractivity contribution in [3.8, 4) is 0 Å². The average Bonchev–Trinajstić information content (AvgIpc) is 2.66. The number of carbonyl (C=O) groups is 1. The third-order valence-corrected chi connectivity index (χ3v) is 4.83. The van der Waals surface area contributed by atoms with Gasteiger partial charge in [0.1, 0.15) is 0 Å². The van der Waals surface area contributed by atoms with Crippen molar-refractivity contribution < 1.29 is 4.79 Å². The number of fused-ring (bicyclic) bond motifs is 1. The van der Waals surface area contributed by atoms with Gasteiger partial charge in [0.25, 0.3) is 5.56 Å². The van der Waals surface area contributed by atoms with Crippen molar-refractivity contribution in [3.05, 3.63) is 40.9 Å². The molecule has 7 heteroatoms. The second-order valence-corrected chi connectivity index (χ2v) is 6.58. The molecule has 1 amide bonds. The van der Waals surface area contributed by atoms with Crippen LogP contribution >= 0.6 is 12.4 Å². The SMILES string of the molecule is CCCN(C(=O)CCn1cnc2ccccc2c1=O)C1CCNCC1.Cl. The first kappa shape index (κ1) is 20.4. The fraction of sp³-hybridized carbons (Fsp3) is 0.526. The van der Waals surface area contributed by atoms with Gasteiger partial charge < -0.3 is 10.2 Å². The molecule has 1 aliphatic heterocycles. The minimum Gasteiger partial charge on any atom is -0.340 e. The number of aryl methyl sites for hydroxylation is 1. The minimum absolute atomic E-state index is 0. The van der Waals surface area contributed by atoms with E-state index in [2.05, 4.69) is 17.2 Å². The van der Waals surface area contributed by atoms with E-state index in [0.717, 1.165) is 38.9 Å². The Hall–Kier alpha value is -1.92. The summed E-state index contributed by atoms with van der Waals surface area (Å²) in [5.41, 5.74) is 0.611. The van der Waals surface area contributed by atoms with Gasteiger partial charge in [0.2, 0.25) is 5.91 Å². The molecule has 1 fully saturated rings. The molecule has 0 radical (unpaired) electrons. The summed E-state index contributed by atoms with van der Waals surface area (Å²) >= 11 is 0. The Kier molecular flexibility index (Phi) is 7.60. The first-order chi connectivity index (χ1) is 12.2. The second kappa shape index (κ2) is 9.69. The van der Waals surface area contributed by atoms with Crippen LogP contribution in [0.3, 0.4) is 0 Å². The van der Waals surface area contributed by atoms with E-state index in [4.69, 9.17) is 0 Å². The molecular weight excluding hydrogens is 352 g/mol. The number of hydrogen-bond donors (Lipinski definition) is 1. The number of para-hydroxylation sites is 1. The summed E-state index contributed by atoms with van der Waals surface area (Å²) < 4.78 is 1.55. The van der Waals surface area contributed by atoms with Gasteiger partial charge in [-0.3, -0.25) is 14.2 Å². The van der Waals surface area contributed by atoms with E-state index in [-0.39, 0.29) is 23.9 Å². The Labute approximate surface area is 160 Å². The lowest BCUT2D eigenvalue weighted by atomic mass is 10.0. The summed E-state index contributed by atoms with van der Waals surface area (Å²) in [6.45, 7) is 5.19. The summed E-state index contributed by atoms with van der Waals surface area (Å²) in [7, 11) is 0. The lowest BCUT2D eigenvalue weighted by molar-refractivity contribution is -0.134. The number of carbonyl (C=O) groups excluding carboxylic acids is 1. The van der Waals surface area contributed by atoms with Crippen LogP contribution in [0.1, 0.15) is 32.6 Å². The zero-order chi connectivity index (χ0) is 17.6. The molecule has 142 valence electrons. The highest BCUT2D eigenvalue weighted by molar-refractivity contribution is 5.85. The zero-order valence-electron chi connectivity index (χ0n) is 15.2. The Morgan fingerprint density at radius 3 is 2.77 bits per heavy atom. The smallest absolute Gasteiger partial charge is 0.261 e.